The molecule has 0 fully saturated rings. The molecule has 0 bridgehead atoms. The van der Waals surface area contributed by atoms with Crippen molar-refractivity contribution >= 4 is 43.4 Å². The highest BCUT2D eigenvalue weighted by Crippen LogP contribution is 2.39. The summed E-state index contributed by atoms with van der Waals surface area (Å²) in [6.45, 7) is 2.97. The number of rotatable bonds is 3. The lowest BCUT2D eigenvalue weighted by atomic mass is 10.0. The molecule has 0 saturated carbocycles. The molecule has 2 rings (SSSR count). The van der Waals surface area contributed by atoms with Crippen LogP contribution in [0.3, 0.4) is 0 Å². The van der Waals surface area contributed by atoms with Crippen molar-refractivity contribution in [3.8, 4) is 11.1 Å². The Morgan fingerprint density at radius 2 is 1.46 bits per heavy atom. The highest BCUT2D eigenvalue weighted by Gasteiger charge is 2.27. The summed E-state index contributed by atoms with van der Waals surface area (Å²) in [6.07, 6.45) is 0. The van der Waals surface area contributed by atoms with Gasteiger partial charge in [0.05, 0.1) is 0 Å². The maximum atomic E-state index is 11.8. The van der Waals surface area contributed by atoms with E-state index in [4.69, 9.17) is 23.2 Å². The Balaban J connectivity index is 3.05. The normalized spacial score (nSPS) is 12.4. The summed E-state index contributed by atoms with van der Waals surface area (Å²) in [4.78, 5) is -1.12. The van der Waals surface area contributed by atoms with Gasteiger partial charge in [0.1, 0.15) is 9.79 Å². The highest BCUT2D eigenvalue weighted by atomic mass is 35.5. The lowest BCUT2D eigenvalue weighted by Gasteiger charge is -2.16. The fourth-order valence-corrected chi connectivity index (χ4v) is 4.52. The molecule has 0 unspecified atom stereocenters. The topological polar surface area (TPSA) is 109 Å². The van der Waals surface area contributed by atoms with Gasteiger partial charge >= 0.3 is 0 Å². The lowest BCUT2D eigenvalue weighted by molar-refractivity contribution is 0.479. The SMILES string of the molecule is Cc1cc(-c2ccc(Cl)cc2S(=O)(=O)O)c(S(=O)(=O)O)c(C)c1Cl. The van der Waals surface area contributed by atoms with Gasteiger partial charge < -0.3 is 0 Å². The molecule has 0 aliphatic heterocycles. The minimum Gasteiger partial charge on any atom is -0.282 e. The van der Waals surface area contributed by atoms with Gasteiger partial charge in [-0.05, 0) is 43.2 Å². The van der Waals surface area contributed by atoms with Crippen LogP contribution < -0.4 is 0 Å². The number of benzene rings is 2. The molecule has 0 aliphatic carbocycles. The summed E-state index contributed by atoms with van der Waals surface area (Å²) in [7, 11) is -9.41. The first-order valence-electron chi connectivity index (χ1n) is 6.38. The molecule has 0 heterocycles. The number of hydrogen-bond acceptors (Lipinski definition) is 4. The van der Waals surface area contributed by atoms with E-state index in [1.54, 1.807) is 6.92 Å². The summed E-state index contributed by atoms with van der Waals surface area (Å²) in [5.41, 5.74) is 0.289. The van der Waals surface area contributed by atoms with Crippen LogP contribution >= 0.6 is 23.2 Å². The zero-order valence-corrected chi connectivity index (χ0v) is 15.6. The van der Waals surface area contributed by atoms with Crippen LogP contribution in [0.25, 0.3) is 11.1 Å². The second-order valence-electron chi connectivity index (χ2n) is 5.10. The maximum absolute atomic E-state index is 11.8. The van der Waals surface area contributed by atoms with E-state index < -0.39 is 30.0 Å². The summed E-state index contributed by atoms with van der Waals surface area (Å²) >= 11 is 11.8. The molecule has 2 aromatic rings. The highest BCUT2D eigenvalue weighted by molar-refractivity contribution is 7.86. The monoisotopic (exact) mass is 410 g/mol. The smallest absolute Gasteiger partial charge is 0.282 e. The Bertz CT molecular complexity index is 1040. The van der Waals surface area contributed by atoms with E-state index in [9.17, 15) is 25.9 Å². The molecule has 0 spiro atoms. The molecule has 24 heavy (non-hydrogen) atoms. The standard InChI is InChI=1S/C14H12Cl2O6S2/c1-7-5-11(14(24(20,21)22)8(2)13(7)16)10-4-3-9(15)6-12(10)23(17,18)19/h3-6H,1-2H3,(H,17,18,19)(H,20,21,22). The van der Waals surface area contributed by atoms with Crippen molar-refractivity contribution in [2.45, 2.75) is 23.6 Å². The molecule has 0 aliphatic rings. The zero-order valence-electron chi connectivity index (χ0n) is 12.4. The van der Waals surface area contributed by atoms with Gasteiger partial charge in [-0.2, -0.15) is 16.8 Å². The maximum Gasteiger partial charge on any atom is 0.295 e. The molecular formula is C14H12Cl2O6S2. The van der Waals surface area contributed by atoms with E-state index in [0.29, 0.717) is 5.56 Å². The average molecular weight is 411 g/mol. The molecule has 2 aromatic carbocycles. The molecule has 0 saturated heterocycles. The first kappa shape index (κ1) is 19.2. The Morgan fingerprint density at radius 3 is 1.96 bits per heavy atom. The molecule has 6 nitrogen and oxygen atoms in total. The number of aryl methyl sites for hydroxylation is 1. The van der Waals surface area contributed by atoms with Gasteiger partial charge in [0.2, 0.25) is 0 Å². The van der Waals surface area contributed by atoms with Gasteiger partial charge in [-0.1, -0.05) is 29.3 Å². The average Bonchev–Trinajstić information content (AvgIpc) is 2.41. The van der Waals surface area contributed by atoms with E-state index >= 15 is 0 Å². The third-order valence-corrected chi connectivity index (χ3v) is 6.14. The van der Waals surface area contributed by atoms with Crippen LogP contribution in [0, 0.1) is 13.8 Å². The number of hydrogen-bond donors (Lipinski definition) is 2. The predicted molar refractivity (Wildman–Crippen MR) is 91.0 cm³/mol. The van der Waals surface area contributed by atoms with Crippen LogP contribution in [0.5, 0.6) is 0 Å². The van der Waals surface area contributed by atoms with Gasteiger partial charge in [-0.15, -0.1) is 0 Å². The summed E-state index contributed by atoms with van der Waals surface area (Å²) in [5, 5.41) is 0.149. The third-order valence-electron chi connectivity index (χ3n) is 3.39. The summed E-state index contributed by atoms with van der Waals surface area (Å²) < 4.78 is 65.8. The molecule has 0 radical (unpaired) electrons. The van der Waals surface area contributed by atoms with Gasteiger partial charge in [-0.3, -0.25) is 9.11 Å². The molecule has 2 N–H and O–H groups in total. The second-order valence-corrected chi connectivity index (χ2v) is 8.66. The van der Waals surface area contributed by atoms with Crippen molar-refractivity contribution in [1.82, 2.24) is 0 Å². The first-order valence-corrected chi connectivity index (χ1v) is 10.0. The largest absolute Gasteiger partial charge is 0.295 e. The zero-order chi connectivity index (χ0) is 18.4. The van der Waals surface area contributed by atoms with Gasteiger partial charge in [0.15, 0.2) is 0 Å². The lowest BCUT2D eigenvalue weighted by Crippen LogP contribution is -2.08. The van der Waals surface area contributed by atoms with Crippen molar-refractivity contribution in [1.29, 1.82) is 0 Å². The van der Waals surface area contributed by atoms with Crippen molar-refractivity contribution < 1.29 is 25.9 Å². The fourth-order valence-electron chi connectivity index (χ4n) is 2.41. The van der Waals surface area contributed by atoms with Crippen LogP contribution in [-0.2, 0) is 20.2 Å². The molecule has 130 valence electrons. The van der Waals surface area contributed by atoms with Crippen molar-refractivity contribution in [3.63, 3.8) is 0 Å². The van der Waals surface area contributed by atoms with Crippen LogP contribution in [-0.4, -0.2) is 25.9 Å². The predicted octanol–water partition coefficient (Wildman–Crippen LogP) is 3.77. The van der Waals surface area contributed by atoms with Crippen LogP contribution in [0.1, 0.15) is 11.1 Å². The molecule has 0 atom stereocenters. The van der Waals surface area contributed by atoms with Gasteiger partial charge in [-0.25, -0.2) is 0 Å². The van der Waals surface area contributed by atoms with E-state index in [0.717, 1.165) is 6.07 Å². The molecule has 10 heteroatoms. The van der Waals surface area contributed by atoms with E-state index in [1.807, 2.05) is 0 Å². The van der Waals surface area contributed by atoms with Gasteiger partial charge in [0.25, 0.3) is 20.2 Å². The third kappa shape index (κ3) is 3.58. The van der Waals surface area contributed by atoms with Crippen molar-refractivity contribution in [2.24, 2.45) is 0 Å². The van der Waals surface area contributed by atoms with Crippen LogP contribution in [0.2, 0.25) is 10.0 Å². The molecular weight excluding hydrogens is 399 g/mol. The Hall–Kier alpha value is -1.16. The second kappa shape index (κ2) is 6.29. The summed E-state index contributed by atoms with van der Waals surface area (Å²) in [5.74, 6) is 0. The van der Waals surface area contributed by atoms with Crippen LogP contribution in [0.4, 0.5) is 0 Å². The fraction of sp³-hybridized carbons (Fsp3) is 0.143. The quantitative estimate of drug-likeness (QED) is 0.745. The van der Waals surface area contributed by atoms with E-state index in [2.05, 4.69) is 0 Å². The van der Waals surface area contributed by atoms with E-state index in [1.165, 1.54) is 25.1 Å². The van der Waals surface area contributed by atoms with Crippen molar-refractivity contribution in [2.75, 3.05) is 0 Å². The Morgan fingerprint density at radius 1 is 0.875 bits per heavy atom. The summed E-state index contributed by atoms with van der Waals surface area (Å²) in [6, 6.07) is 4.87. The number of halogens is 2. The molecule has 0 aromatic heterocycles. The first-order chi connectivity index (χ1) is 10.8. The minimum atomic E-state index is -4.72. The van der Waals surface area contributed by atoms with Crippen molar-refractivity contribution in [3.05, 3.63) is 45.4 Å². The Kier molecular flexibility index (Phi) is 5.02. The van der Waals surface area contributed by atoms with Gasteiger partial charge in [0, 0.05) is 21.2 Å². The van der Waals surface area contributed by atoms with Crippen LogP contribution in [0.15, 0.2) is 34.1 Å². The minimum absolute atomic E-state index is 0.0298. The molecule has 0 amide bonds. The van der Waals surface area contributed by atoms with E-state index in [-0.39, 0.29) is 26.7 Å². The Labute approximate surface area is 149 Å².